The Morgan fingerprint density at radius 3 is 2.05 bits per heavy atom. The zero-order valence-electron chi connectivity index (χ0n) is 12.8. The van der Waals surface area contributed by atoms with E-state index in [9.17, 15) is 0 Å². The highest BCUT2D eigenvalue weighted by atomic mass is 35.5. The molecule has 0 aliphatic heterocycles. The van der Waals surface area contributed by atoms with Gasteiger partial charge in [0.05, 0.1) is 0 Å². The maximum Gasteiger partial charge on any atom is 0.0351 e. The van der Waals surface area contributed by atoms with Crippen LogP contribution in [0, 0.1) is 0 Å². The van der Waals surface area contributed by atoms with Crippen LogP contribution in [-0.2, 0) is 6.54 Å². The van der Waals surface area contributed by atoms with Gasteiger partial charge in [0.1, 0.15) is 0 Å². The lowest BCUT2D eigenvalue weighted by Crippen LogP contribution is -2.35. The third-order valence-electron chi connectivity index (χ3n) is 3.86. The molecular formula is C17H28ClN. The predicted octanol–water partition coefficient (Wildman–Crippen LogP) is 5.04. The summed E-state index contributed by atoms with van der Waals surface area (Å²) in [6.07, 6.45) is 2.38. The number of hydrogen-bond acceptors (Lipinski definition) is 1. The molecule has 0 bridgehead atoms. The lowest BCUT2D eigenvalue weighted by Gasteiger charge is -2.30. The maximum absolute atomic E-state index is 5.95. The number of halogens is 1. The van der Waals surface area contributed by atoms with Gasteiger partial charge < -0.3 is 0 Å². The molecule has 1 rings (SSSR count). The van der Waals surface area contributed by atoms with Gasteiger partial charge in [0.15, 0.2) is 0 Å². The van der Waals surface area contributed by atoms with Crippen molar-refractivity contribution in [3.8, 4) is 0 Å². The van der Waals surface area contributed by atoms with Gasteiger partial charge in [-0.2, -0.15) is 0 Å². The van der Waals surface area contributed by atoms with Gasteiger partial charge in [-0.15, -0.1) is 11.6 Å². The summed E-state index contributed by atoms with van der Waals surface area (Å²) in [5.74, 6) is 1.31. The van der Waals surface area contributed by atoms with Crippen molar-refractivity contribution in [2.45, 2.75) is 59.0 Å². The number of alkyl halides is 1. The molecular weight excluding hydrogens is 254 g/mol. The van der Waals surface area contributed by atoms with Crippen molar-refractivity contribution in [3.63, 3.8) is 0 Å². The number of rotatable bonds is 8. The van der Waals surface area contributed by atoms with E-state index in [0.29, 0.717) is 17.8 Å². The first-order valence-corrected chi connectivity index (χ1v) is 8.04. The van der Waals surface area contributed by atoms with E-state index in [1.54, 1.807) is 0 Å². The maximum atomic E-state index is 5.95. The number of hydrogen-bond donors (Lipinski definition) is 0. The van der Waals surface area contributed by atoms with E-state index < -0.39 is 0 Å². The van der Waals surface area contributed by atoms with E-state index in [1.807, 2.05) is 0 Å². The van der Waals surface area contributed by atoms with Crippen LogP contribution in [0.15, 0.2) is 24.3 Å². The van der Waals surface area contributed by atoms with Crippen LogP contribution in [0.5, 0.6) is 0 Å². The van der Waals surface area contributed by atoms with Crippen LogP contribution >= 0.6 is 11.6 Å². The van der Waals surface area contributed by atoms with Crippen molar-refractivity contribution >= 4 is 11.6 Å². The van der Waals surface area contributed by atoms with Gasteiger partial charge in [-0.05, 0) is 29.9 Å². The zero-order valence-corrected chi connectivity index (χ0v) is 13.6. The Bertz CT molecular complexity index is 341. The first kappa shape index (κ1) is 16.5. The highest BCUT2D eigenvalue weighted by Gasteiger charge is 2.14. The third kappa shape index (κ3) is 5.16. The Kier molecular flexibility index (Phi) is 7.48. The monoisotopic (exact) mass is 281 g/mol. The van der Waals surface area contributed by atoms with E-state index in [1.165, 1.54) is 24.0 Å². The van der Waals surface area contributed by atoms with Gasteiger partial charge in [-0.1, -0.05) is 52.0 Å². The summed E-state index contributed by atoms with van der Waals surface area (Å²) in [6.45, 7) is 11.0. The van der Waals surface area contributed by atoms with Crippen molar-refractivity contribution in [2.24, 2.45) is 0 Å². The second-order valence-corrected chi connectivity index (χ2v) is 5.90. The van der Waals surface area contributed by atoms with Crippen LogP contribution < -0.4 is 0 Å². The summed E-state index contributed by atoms with van der Waals surface area (Å²) in [5.41, 5.74) is 2.80. The van der Waals surface area contributed by atoms with Crippen molar-refractivity contribution in [3.05, 3.63) is 35.4 Å². The molecule has 1 aromatic carbocycles. The molecule has 19 heavy (non-hydrogen) atoms. The van der Waals surface area contributed by atoms with Crippen molar-refractivity contribution < 1.29 is 0 Å². The Balaban J connectivity index is 2.72. The Labute approximate surface area is 124 Å². The second-order valence-electron chi connectivity index (χ2n) is 5.53. The molecule has 2 heteroatoms. The van der Waals surface area contributed by atoms with Crippen molar-refractivity contribution in [1.82, 2.24) is 4.90 Å². The molecule has 0 spiro atoms. The third-order valence-corrected chi connectivity index (χ3v) is 4.03. The standard InChI is InChI=1S/C17H28ClN/c1-5-17(6-2)19(12-11-18)13-15-7-9-16(10-8-15)14(3)4/h7-10,14,17H,5-6,11-13H2,1-4H3. The van der Waals surface area contributed by atoms with E-state index in [2.05, 4.69) is 56.9 Å². The van der Waals surface area contributed by atoms with Gasteiger partial charge in [0, 0.05) is 25.0 Å². The lowest BCUT2D eigenvalue weighted by atomic mass is 10.0. The molecule has 0 aliphatic rings. The molecule has 0 saturated heterocycles. The molecule has 0 amide bonds. The Morgan fingerprint density at radius 2 is 1.63 bits per heavy atom. The molecule has 0 unspecified atom stereocenters. The van der Waals surface area contributed by atoms with Crippen molar-refractivity contribution in [1.29, 1.82) is 0 Å². The fraction of sp³-hybridized carbons (Fsp3) is 0.647. The summed E-state index contributed by atoms with van der Waals surface area (Å²) < 4.78 is 0. The summed E-state index contributed by atoms with van der Waals surface area (Å²) in [6, 6.07) is 9.68. The van der Waals surface area contributed by atoms with E-state index in [-0.39, 0.29) is 0 Å². The van der Waals surface area contributed by atoms with Gasteiger partial charge in [0.2, 0.25) is 0 Å². The normalized spacial score (nSPS) is 11.8. The zero-order chi connectivity index (χ0) is 14.3. The molecule has 0 aromatic heterocycles. The fourth-order valence-corrected chi connectivity index (χ4v) is 2.76. The molecule has 0 fully saturated rings. The first-order chi connectivity index (χ1) is 9.12. The Morgan fingerprint density at radius 1 is 1.05 bits per heavy atom. The van der Waals surface area contributed by atoms with Crippen molar-refractivity contribution in [2.75, 3.05) is 12.4 Å². The molecule has 0 N–H and O–H groups in total. The molecule has 0 saturated carbocycles. The van der Waals surface area contributed by atoms with E-state index in [0.717, 1.165) is 13.1 Å². The number of nitrogens with zero attached hydrogens (tertiary/aromatic N) is 1. The van der Waals surface area contributed by atoms with Crippen LogP contribution in [0.25, 0.3) is 0 Å². The average Bonchev–Trinajstić information content (AvgIpc) is 2.41. The average molecular weight is 282 g/mol. The van der Waals surface area contributed by atoms with Crippen LogP contribution in [0.2, 0.25) is 0 Å². The predicted molar refractivity (Wildman–Crippen MR) is 86.0 cm³/mol. The summed E-state index contributed by atoms with van der Waals surface area (Å²) in [4.78, 5) is 2.51. The quantitative estimate of drug-likeness (QED) is 0.604. The molecule has 0 aliphatic carbocycles. The SMILES string of the molecule is CCC(CC)N(CCCl)Cc1ccc(C(C)C)cc1. The van der Waals surface area contributed by atoms with Gasteiger partial charge in [-0.25, -0.2) is 0 Å². The minimum absolute atomic E-state index is 0.604. The summed E-state index contributed by atoms with van der Waals surface area (Å²) in [7, 11) is 0. The van der Waals surface area contributed by atoms with Gasteiger partial charge in [0.25, 0.3) is 0 Å². The molecule has 0 radical (unpaired) electrons. The molecule has 0 atom stereocenters. The lowest BCUT2D eigenvalue weighted by molar-refractivity contribution is 0.188. The van der Waals surface area contributed by atoms with Crippen LogP contribution in [0.4, 0.5) is 0 Å². The van der Waals surface area contributed by atoms with E-state index >= 15 is 0 Å². The molecule has 1 nitrogen and oxygen atoms in total. The molecule has 108 valence electrons. The first-order valence-electron chi connectivity index (χ1n) is 7.51. The molecule has 0 heterocycles. The van der Waals surface area contributed by atoms with E-state index in [4.69, 9.17) is 11.6 Å². The second kappa shape index (κ2) is 8.60. The topological polar surface area (TPSA) is 3.24 Å². The van der Waals surface area contributed by atoms with Gasteiger partial charge in [-0.3, -0.25) is 4.90 Å². The smallest absolute Gasteiger partial charge is 0.0351 e. The fourth-order valence-electron chi connectivity index (χ4n) is 2.55. The van der Waals surface area contributed by atoms with Crippen LogP contribution in [0.3, 0.4) is 0 Å². The highest BCUT2D eigenvalue weighted by molar-refractivity contribution is 6.18. The van der Waals surface area contributed by atoms with Crippen LogP contribution in [-0.4, -0.2) is 23.4 Å². The van der Waals surface area contributed by atoms with Crippen LogP contribution in [0.1, 0.15) is 57.6 Å². The summed E-state index contributed by atoms with van der Waals surface area (Å²) >= 11 is 5.95. The van der Waals surface area contributed by atoms with Gasteiger partial charge >= 0.3 is 0 Å². The Hall–Kier alpha value is -0.530. The minimum Gasteiger partial charge on any atom is -0.295 e. The largest absolute Gasteiger partial charge is 0.295 e. The summed E-state index contributed by atoms with van der Waals surface area (Å²) in [5, 5.41) is 0. The highest BCUT2D eigenvalue weighted by Crippen LogP contribution is 2.18. The minimum atomic E-state index is 0.604. The number of benzene rings is 1. The molecule has 1 aromatic rings.